The number of nitro groups is 1. The van der Waals surface area contributed by atoms with Crippen molar-refractivity contribution in [2.75, 3.05) is 7.11 Å². The molecule has 8 nitrogen and oxygen atoms in total. The van der Waals surface area contributed by atoms with E-state index in [2.05, 4.69) is 12.2 Å². The zero-order valence-corrected chi connectivity index (χ0v) is 18.0. The van der Waals surface area contributed by atoms with Crippen LogP contribution in [0.1, 0.15) is 76.7 Å². The quantitative estimate of drug-likeness (QED) is 0.228. The molecule has 0 aliphatic rings. The molecule has 168 valence electrons. The number of nitrogens with one attached hydrogen (secondary N) is 1. The van der Waals surface area contributed by atoms with E-state index >= 15 is 0 Å². The SMILES string of the molecule is CCCCCCCCCCCC(=O)NC(Cc1ccc(OC)c([N+](=O)[O-])c1)C(=O)O. The van der Waals surface area contributed by atoms with E-state index in [0.717, 1.165) is 19.3 Å². The van der Waals surface area contributed by atoms with Gasteiger partial charge >= 0.3 is 11.7 Å². The van der Waals surface area contributed by atoms with Gasteiger partial charge in [0.05, 0.1) is 12.0 Å². The van der Waals surface area contributed by atoms with Crippen LogP contribution in [0.5, 0.6) is 5.75 Å². The smallest absolute Gasteiger partial charge is 0.326 e. The molecule has 30 heavy (non-hydrogen) atoms. The molecule has 0 saturated carbocycles. The number of rotatable bonds is 16. The Morgan fingerprint density at radius 2 is 1.70 bits per heavy atom. The molecule has 0 aromatic heterocycles. The fourth-order valence-electron chi connectivity index (χ4n) is 3.30. The molecule has 0 aliphatic heterocycles. The zero-order chi connectivity index (χ0) is 22.4. The van der Waals surface area contributed by atoms with E-state index in [9.17, 15) is 24.8 Å². The van der Waals surface area contributed by atoms with Crippen molar-refractivity contribution in [2.45, 2.75) is 83.6 Å². The normalized spacial score (nSPS) is 11.7. The number of carboxylic acids is 1. The van der Waals surface area contributed by atoms with Crippen molar-refractivity contribution in [3.8, 4) is 5.75 Å². The molecule has 0 heterocycles. The monoisotopic (exact) mass is 422 g/mol. The number of benzene rings is 1. The van der Waals surface area contributed by atoms with Crippen LogP contribution < -0.4 is 10.1 Å². The molecule has 0 radical (unpaired) electrons. The molecule has 1 unspecified atom stereocenters. The van der Waals surface area contributed by atoms with Crippen LogP contribution in [0.15, 0.2) is 18.2 Å². The standard InChI is InChI=1S/C22H34N2O6/c1-3-4-5-6-7-8-9-10-11-12-21(25)23-18(22(26)27)15-17-13-14-20(30-2)19(16-17)24(28)29/h13-14,16,18H,3-12,15H2,1-2H3,(H,23,25)(H,26,27). The van der Waals surface area contributed by atoms with Gasteiger partial charge in [0.2, 0.25) is 5.91 Å². The molecule has 0 fully saturated rings. The van der Waals surface area contributed by atoms with Crippen molar-refractivity contribution < 1.29 is 24.4 Å². The summed E-state index contributed by atoms with van der Waals surface area (Å²) in [6.07, 6.45) is 10.5. The number of carbonyl (C=O) groups is 2. The Kier molecular flexibility index (Phi) is 12.2. The summed E-state index contributed by atoms with van der Waals surface area (Å²) < 4.78 is 4.95. The number of ether oxygens (including phenoxy) is 1. The lowest BCUT2D eigenvalue weighted by molar-refractivity contribution is -0.385. The third kappa shape index (κ3) is 9.71. The molecule has 1 atom stereocenters. The maximum atomic E-state index is 12.1. The Labute approximate surface area is 178 Å². The first-order chi connectivity index (χ1) is 14.4. The van der Waals surface area contributed by atoms with Gasteiger partial charge in [-0.3, -0.25) is 14.9 Å². The summed E-state index contributed by atoms with van der Waals surface area (Å²) in [6, 6.07) is 3.14. The molecule has 0 bridgehead atoms. The van der Waals surface area contributed by atoms with Crippen LogP contribution in [0.3, 0.4) is 0 Å². The first-order valence-electron chi connectivity index (χ1n) is 10.7. The van der Waals surface area contributed by atoms with Gasteiger partial charge in [0, 0.05) is 18.9 Å². The van der Waals surface area contributed by atoms with Gasteiger partial charge in [-0.05, 0) is 18.1 Å². The van der Waals surface area contributed by atoms with Gasteiger partial charge in [-0.1, -0.05) is 64.4 Å². The van der Waals surface area contributed by atoms with E-state index in [1.54, 1.807) is 6.07 Å². The van der Waals surface area contributed by atoms with Gasteiger partial charge in [0.15, 0.2) is 5.75 Å². The minimum atomic E-state index is -1.17. The second-order valence-corrected chi connectivity index (χ2v) is 7.50. The maximum absolute atomic E-state index is 12.1. The molecule has 1 rings (SSSR count). The largest absolute Gasteiger partial charge is 0.490 e. The average Bonchev–Trinajstić information content (AvgIpc) is 2.71. The third-order valence-corrected chi connectivity index (χ3v) is 5.02. The molecule has 0 aliphatic carbocycles. The first kappa shape index (κ1) is 25.4. The summed E-state index contributed by atoms with van der Waals surface area (Å²) in [5, 5.41) is 23.1. The lowest BCUT2D eigenvalue weighted by Gasteiger charge is -2.15. The summed E-state index contributed by atoms with van der Waals surface area (Å²) in [6.45, 7) is 2.20. The predicted octanol–water partition coefficient (Wildman–Crippen LogP) is 4.64. The van der Waals surface area contributed by atoms with Crippen LogP contribution in [-0.4, -0.2) is 35.1 Å². The van der Waals surface area contributed by atoms with E-state index in [0.29, 0.717) is 5.56 Å². The van der Waals surface area contributed by atoms with Gasteiger partial charge in [-0.15, -0.1) is 0 Å². The van der Waals surface area contributed by atoms with Crippen LogP contribution in [0.2, 0.25) is 0 Å². The van der Waals surface area contributed by atoms with Crippen LogP contribution in [0, 0.1) is 10.1 Å². The van der Waals surface area contributed by atoms with Crippen molar-refractivity contribution in [3.05, 3.63) is 33.9 Å². The second-order valence-electron chi connectivity index (χ2n) is 7.50. The molecule has 0 saturated heterocycles. The maximum Gasteiger partial charge on any atom is 0.326 e. The molecular weight excluding hydrogens is 388 g/mol. The van der Waals surface area contributed by atoms with Crippen molar-refractivity contribution in [1.82, 2.24) is 5.32 Å². The topological polar surface area (TPSA) is 119 Å². The van der Waals surface area contributed by atoms with E-state index in [-0.39, 0.29) is 30.2 Å². The number of unbranched alkanes of at least 4 members (excludes halogenated alkanes) is 8. The minimum Gasteiger partial charge on any atom is -0.490 e. The van der Waals surface area contributed by atoms with Gasteiger partial charge in [0.1, 0.15) is 6.04 Å². The fourth-order valence-corrected chi connectivity index (χ4v) is 3.30. The number of methoxy groups -OCH3 is 1. The number of hydrogen-bond donors (Lipinski definition) is 2. The summed E-state index contributed by atoms with van der Waals surface area (Å²) >= 11 is 0. The molecule has 1 aromatic rings. The van der Waals surface area contributed by atoms with Gasteiger partial charge < -0.3 is 15.2 Å². The molecule has 0 spiro atoms. The molecule has 2 N–H and O–H groups in total. The Balaban J connectivity index is 2.43. The highest BCUT2D eigenvalue weighted by Gasteiger charge is 2.22. The fraction of sp³-hybridized carbons (Fsp3) is 0.636. The number of amides is 1. The number of carboxylic acid groups (broad SMARTS) is 1. The highest BCUT2D eigenvalue weighted by Crippen LogP contribution is 2.28. The summed E-state index contributed by atoms with van der Waals surface area (Å²) in [7, 11) is 1.33. The number of nitrogens with zero attached hydrogens (tertiary/aromatic N) is 1. The predicted molar refractivity (Wildman–Crippen MR) is 115 cm³/mol. The summed E-state index contributed by atoms with van der Waals surface area (Å²) in [5.74, 6) is -1.38. The van der Waals surface area contributed by atoms with Crippen LogP contribution in [0.25, 0.3) is 0 Å². The Bertz CT molecular complexity index is 692. The van der Waals surface area contributed by atoms with Gasteiger partial charge in [-0.2, -0.15) is 0 Å². The number of hydrogen-bond acceptors (Lipinski definition) is 5. The van der Waals surface area contributed by atoms with Crippen LogP contribution >= 0.6 is 0 Å². The zero-order valence-electron chi connectivity index (χ0n) is 18.0. The molecule has 8 heteroatoms. The van der Waals surface area contributed by atoms with E-state index < -0.39 is 16.9 Å². The molecular formula is C22H34N2O6. The lowest BCUT2D eigenvalue weighted by atomic mass is 10.0. The minimum absolute atomic E-state index is 0.0380. The van der Waals surface area contributed by atoms with Crippen molar-refractivity contribution >= 4 is 17.6 Å². The van der Waals surface area contributed by atoms with Crippen molar-refractivity contribution in [1.29, 1.82) is 0 Å². The highest BCUT2D eigenvalue weighted by atomic mass is 16.6. The Hall–Kier alpha value is -2.64. The Morgan fingerprint density at radius 1 is 1.10 bits per heavy atom. The lowest BCUT2D eigenvalue weighted by Crippen LogP contribution is -2.42. The van der Waals surface area contributed by atoms with Crippen molar-refractivity contribution in [3.63, 3.8) is 0 Å². The Morgan fingerprint density at radius 3 is 2.23 bits per heavy atom. The van der Waals surface area contributed by atoms with Crippen LogP contribution in [-0.2, 0) is 16.0 Å². The molecule has 1 aromatic carbocycles. The third-order valence-electron chi connectivity index (χ3n) is 5.02. The van der Waals surface area contributed by atoms with Gasteiger partial charge in [0.25, 0.3) is 0 Å². The second kappa shape index (κ2) is 14.4. The number of aliphatic carboxylic acids is 1. The van der Waals surface area contributed by atoms with E-state index in [1.807, 2.05) is 0 Å². The van der Waals surface area contributed by atoms with Crippen LogP contribution in [0.4, 0.5) is 5.69 Å². The summed E-state index contributed by atoms with van der Waals surface area (Å²) in [4.78, 5) is 34.2. The highest BCUT2D eigenvalue weighted by molar-refractivity contribution is 5.83. The number of carbonyl (C=O) groups excluding carboxylic acids is 1. The summed E-state index contributed by atoms with van der Waals surface area (Å²) in [5.41, 5.74) is 0.207. The van der Waals surface area contributed by atoms with E-state index in [4.69, 9.17) is 4.74 Å². The average molecular weight is 423 g/mol. The van der Waals surface area contributed by atoms with E-state index in [1.165, 1.54) is 57.8 Å². The van der Waals surface area contributed by atoms with Crippen molar-refractivity contribution in [2.24, 2.45) is 0 Å². The number of nitro benzene ring substituents is 1. The molecule has 1 amide bonds. The first-order valence-corrected chi connectivity index (χ1v) is 10.7. The van der Waals surface area contributed by atoms with Gasteiger partial charge in [-0.25, -0.2) is 4.79 Å².